The van der Waals surface area contributed by atoms with Gasteiger partial charge >= 0.3 is 0 Å². The van der Waals surface area contributed by atoms with Gasteiger partial charge in [0.1, 0.15) is 0 Å². The lowest BCUT2D eigenvalue weighted by molar-refractivity contribution is 0.0984. The molecule has 0 unspecified atom stereocenters. The predicted molar refractivity (Wildman–Crippen MR) is 79.4 cm³/mol. The molecule has 0 N–H and O–H groups in total. The first-order valence-electron chi connectivity index (χ1n) is 6.80. The van der Waals surface area contributed by atoms with Gasteiger partial charge in [0.2, 0.25) is 6.79 Å². The van der Waals surface area contributed by atoms with E-state index in [0.29, 0.717) is 29.9 Å². The van der Waals surface area contributed by atoms with Crippen LogP contribution in [0.1, 0.15) is 28.8 Å². The number of rotatable bonds is 3. The first-order chi connectivity index (χ1) is 10.3. The Balaban J connectivity index is 1.59. The second kappa shape index (κ2) is 6.15. The highest BCUT2D eigenvalue weighted by atomic mass is 16.7. The average Bonchev–Trinajstić information content (AvgIpc) is 3.00. The highest BCUT2D eigenvalue weighted by molar-refractivity contribution is 5.96. The molecule has 0 bridgehead atoms. The number of ketones is 1. The number of Topliss-reactive ketones (excluding diaryl/α,β-unsaturated/α-hetero) is 1. The van der Waals surface area contributed by atoms with Crippen LogP contribution in [0.3, 0.4) is 0 Å². The van der Waals surface area contributed by atoms with E-state index in [9.17, 15) is 4.79 Å². The Morgan fingerprint density at radius 2 is 1.86 bits per heavy atom. The summed E-state index contributed by atoms with van der Waals surface area (Å²) in [5, 5.41) is 0. The lowest BCUT2D eigenvalue weighted by Crippen LogP contribution is -1.98. The number of ether oxygens (including phenoxy) is 2. The topological polar surface area (TPSA) is 35.5 Å². The van der Waals surface area contributed by atoms with Gasteiger partial charge in [-0.25, -0.2) is 0 Å². The summed E-state index contributed by atoms with van der Waals surface area (Å²) < 4.78 is 10.5. The quantitative estimate of drug-likeness (QED) is 0.637. The maximum atomic E-state index is 12.1. The molecular weight excluding hydrogens is 264 g/mol. The van der Waals surface area contributed by atoms with E-state index in [4.69, 9.17) is 9.47 Å². The van der Waals surface area contributed by atoms with Crippen LogP contribution in [0.2, 0.25) is 0 Å². The van der Waals surface area contributed by atoms with Crippen LogP contribution in [0.15, 0.2) is 48.5 Å². The Kier molecular flexibility index (Phi) is 3.88. The van der Waals surface area contributed by atoms with Crippen molar-refractivity contribution in [3.8, 4) is 23.3 Å². The fraction of sp³-hybridized carbons (Fsp3) is 0.167. The molecule has 21 heavy (non-hydrogen) atoms. The van der Waals surface area contributed by atoms with Crippen molar-refractivity contribution < 1.29 is 14.3 Å². The molecule has 104 valence electrons. The molecule has 1 heterocycles. The summed E-state index contributed by atoms with van der Waals surface area (Å²) in [6.07, 6.45) is 0.946. The minimum absolute atomic E-state index is 0.0654. The molecular formula is C18H14O3. The standard InChI is InChI=1S/C18H14O3/c19-16(9-5-4-8-14-6-2-1-3-7-14)15-10-11-17-18(12-15)21-13-20-17/h1-3,6-7,10-12H,5,9,13H2. The predicted octanol–water partition coefficient (Wildman–Crippen LogP) is 3.43. The fourth-order valence-electron chi connectivity index (χ4n) is 2.08. The summed E-state index contributed by atoms with van der Waals surface area (Å²) in [5.41, 5.74) is 1.61. The van der Waals surface area contributed by atoms with Crippen molar-refractivity contribution in [3.63, 3.8) is 0 Å². The third kappa shape index (κ3) is 3.24. The van der Waals surface area contributed by atoms with Crippen LogP contribution in [0.25, 0.3) is 0 Å². The Morgan fingerprint density at radius 1 is 1.05 bits per heavy atom. The summed E-state index contributed by atoms with van der Waals surface area (Å²) in [5.74, 6) is 7.47. The molecule has 3 nitrogen and oxygen atoms in total. The molecule has 0 fully saturated rings. The molecule has 3 heteroatoms. The second-order valence-corrected chi connectivity index (χ2v) is 4.66. The van der Waals surface area contributed by atoms with E-state index in [1.807, 2.05) is 30.3 Å². The summed E-state index contributed by atoms with van der Waals surface area (Å²) in [6.45, 7) is 0.218. The smallest absolute Gasteiger partial charge is 0.231 e. The monoisotopic (exact) mass is 278 g/mol. The molecule has 1 aliphatic heterocycles. The van der Waals surface area contributed by atoms with Crippen LogP contribution < -0.4 is 9.47 Å². The molecule has 0 atom stereocenters. The van der Waals surface area contributed by atoms with Crippen molar-refractivity contribution in [1.29, 1.82) is 0 Å². The minimum Gasteiger partial charge on any atom is -0.454 e. The average molecular weight is 278 g/mol. The minimum atomic E-state index is 0.0654. The van der Waals surface area contributed by atoms with Gasteiger partial charge in [-0.2, -0.15) is 0 Å². The third-order valence-corrected chi connectivity index (χ3v) is 3.18. The third-order valence-electron chi connectivity index (χ3n) is 3.18. The summed E-state index contributed by atoms with van der Waals surface area (Å²) in [4.78, 5) is 12.1. The van der Waals surface area contributed by atoms with E-state index in [1.165, 1.54) is 0 Å². The normalized spacial score (nSPS) is 11.6. The SMILES string of the molecule is O=C(CCC#Cc1ccccc1)c1ccc2c(c1)OCO2. The van der Waals surface area contributed by atoms with Crippen molar-refractivity contribution in [1.82, 2.24) is 0 Å². The molecule has 1 aliphatic rings. The van der Waals surface area contributed by atoms with Gasteiger partial charge in [0.05, 0.1) is 0 Å². The van der Waals surface area contributed by atoms with Gasteiger partial charge in [-0.15, -0.1) is 0 Å². The van der Waals surface area contributed by atoms with Gasteiger partial charge in [0.25, 0.3) is 0 Å². The van der Waals surface area contributed by atoms with Gasteiger partial charge in [0, 0.05) is 24.0 Å². The lowest BCUT2D eigenvalue weighted by Gasteiger charge is -2.00. The van der Waals surface area contributed by atoms with E-state index in [-0.39, 0.29) is 12.6 Å². The fourth-order valence-corrected chi connectivity index (χ4v) is 2.08. The van der Waals surface area contributed by atoms with Crippen molar-refractivity contribution in [2.75, 3.05) is 6.79 Å². The first-order valence-corrected chi connectivity index (χ1v) is 6.80. The lowest BCUT2D eigenvalue weighted by atomic mass is 10.1. The van der Waals surface area contributed by atoms with Crippen LogP contribution >= 0.6 is 0 Å². The van der Waals surface area contributed by atoms with Crippen LogP contribution in [-0.4, -0.2) is 12.6 Å². The largest absolute Gasteiger partial charge is 0.454 e. The molecule has 0 aromatic heterocycles. The number of fused-ring (bicyclic) bond motifs is 1. The van der Waals surface area contributed by atoms with Gasteiger partial charge in [-0.05, 0) is 30.3 Å². The number of hydrogen-bond donors (Lipinski definition) is 0. The summed E-state index contributed by atoms with van der Waals surface area (Å²) in [7, 11) is 0. The zero-order valence-electron chi connectivity index (χ0n) is 11.5. The van der Waals surface area contributed by atoms with Crippen LogP contribution in [0, 0.1) is 11.8 Å². The maximum absolute atomic E-state index is 12.1. The van der Waals surface area contributed by atoms with Crippen molar-refractivity contribution >= 4 is 5.78 Å². The molecule has 0 amide bonds. The molecule has 0 radical (unpaired) electrons. The Labute approximate surface area is 123 Å². The van der Waals surface area contributed by atoms with E-state index >= 15 is 0 Å². The van der Waals surface area contributed by atoms with E-state index in [1.54, 1.807) is 18.2 Å². The molecule has 0 saturated carbocycles. The molecule has 2 aromatic carbocycles. The van der Waals surface area contributed by atoms with Gasteiger partial charge in [-0.3, -0.25) is 4.79 Å². The van der Waals surface area contributed by atoms with E-state index in [0.717, 1.165) is 5.56 Å². The number of carbonyl (C=O) groups excluding carboxylic acids is 1. The molecule has 2 aromatic rings. The molecule has 0 saturated heterocycles. The molecule has 0 spiro atoms. The van der Waals surface area contributed by atoms with Crippen molar-refractivity contribution in [2.45, 2.75) is 12.8 Å². The van der Waals surface area contributed by atoms with Crippen LogP contribution in [-0.2, 0) is 0 Å². The molecule has 0 aliphatic carbocycles. The second-order valence-electron chi connectivity index (χ2n) is 4.66. The van der Waals surface area contributed by atoms with Gasteiger partial charge < -0.3 is 9.47 Å². The Bertz CT molecular complexity index is 708. The zero-order chi connectivity index (χ0) is 14.5. The van der Waals surface area contributed by atoms with E-state index in [2.05, 4.69) is 11.8 Å². The summed E-state index contributed by atoms with van der Waals surface area (Å²) in [6, 6.07) is 15.0. The Hall–Kier alpha value is -2.73. The molecule has 3 rings (SSSR count). The highest BCUT2D eigenvalue weighted by Gasteiger charge is 2.15. The number of carbonyl (C=O) groups is 1. The van der Waals surface area contributed by atoms with Gasteiger partial charge in [-0.1, -0.05) is 30.0 Å². The zero-order valence-corrected chi connectivity index (χ0v) is 11.5. The van der Waals surface area contributed by atoms with Crippen molar-refractivity contribution in [2.24, 2.45) is 0 Å². The number of benzene rings is 2. The van der Waals surface area contributed by atoms with Crippen LogP contribution in [0.5, 0.6) is 11.5 Å². The van der Waals surface area contributed by atoms with Gasteiger partial charge in [0.15, 0.2) is 17.3 Å². The van der Waals surface area contributed by atoms with Crippen LogP contribution in [0.4, 0.5) is 0 Å². The maximum Gasteiger partial charge on any atom is 0.231 e. The summed E-state index contributed by atoms with van der Waals surface area (Å²) >= 11 is 0. The Morgan fingerprint density at radius 3 is 2.71 bits per heavy atom. The number of hydrogen-bond acceptors (Lipinski definition) is 3. The van der Waals surface area contributed by atoms with Crippen molar-refractivity contribution in [3.05, 3.63) is 59.7 Å². The first kappa shape index (κ1) is 13.3. The highest BCUT2D eigenvalue weighted by Crippen LogP contribution is 2.32. The van der Waals surface area contributed by atoms with E-state index < -0.39 is 0 Å².